The van der Waals surface area contributed by atoms with Gasteiger partial charge in [-0.3, -0.25) is 19.2 Å². The number of amides is 4. The maximum Gasteiger partial charge on any atom is 0.246 e. The average molecular weight is 467 g/mol. The van der Waals surface area contributed by atoms with Gasteiger partial charge in [-0.25, -0.2) is 0 Å². The molecular weight excluding hydrogens is 424 g/mol. The molecule has 1 rings (SSSR count). The summed E-state index contributed by atoms with van der Waals surface area (Å²) in [5.41, 5.74) is 4.37. The second-order valence-electron chi connectivity index (χ2n) is 9.17. The van der Waals surface area contributed by atoms with Crippen LogP contribution >= 0.6 is 0 Å². The molecule has 4 amide bonds. The first-order valence-electron chi connectivity index (χ1n) is 11.9. The van der Waals surface area contributed by atoms with Gasteiger partial charge >= 0.3 is 0 Å². The zero-order valence-corrected chi connectivity index (χ0v) is 20.5. The second-order valence-corrected chi connectivity index (χ2v) is 9.17. The molecule has 10 nitrogen and oxygen atoms in total. The summed E-state index contributed by atoms with van der Waals surface area (Å²) in [4.78, 5) is 51.3. The predicted octanol–water partition coefficient (Wildman–Crippen LogP) is 0.387. The van der Waals surface area contributed by atoms with E-state index in [1.165, 1.54) is 0 Å². The molecule has 0 unspecified atom stereocenters. The van der Waals surface area contributed by atoms with Crippen LogP contribution in [0.1, 0.15) is 72.6 Å². The molecule has 1 heterocycles. The van der Waals surface area contributed by atoms with Gasteiger partial charge in [-0.15, -0.1) is 0 Å². The largest absolute Gasteiger partial charge is 0.386 e. The van der Waals surface area contributed by atoms with Crippen molar-refractivity contribution < 1.29 is 19.2 Å². The van der Waals surface area contributed by atoms with Crippen LogP contribution in [0.5, 0.6) is 0 Å². The Balaban J connectivity index is 3.12. The Labute approximate surface area is 197 Å². The summed E-state index contributed by atoms with van der Waals surface area (Å²) in [6, 6.07) is -1.56. The van der Waals surface area contributed by atoms with Gasteiger partial charge in [0, 0.05) is 19.0 Å². The molecular formula is C23H42N6O4. The summed E-state index contributed by atoms with van der Waals surface area (Å²) >= 11 is 0. The molecule has 1 saturated heterocycles. The summed E-state index contributed by atoms with van der Waals surface area (Å²) in [5, 5.41) is 14.2. The average Bonchev–Trinajstić information content (AvgIpc) is 2.74. The van der Waals surface area contributed by atoms with Gasteiger partial charge in [0.1, 0.15) is 17.6 Å². The quantitative estimate of drug-likeness (QED) is 0.284. The van der Waals surface area contributed by atoms with Crippen molar-refractivity contribution in [1.82, 2.24) is 26.6 Å². The first kappa shape index (κ1) is 28.3. The Morgan fingerprint density at radius 2 is 1.85 bits per heavy atom. The SMILES string of the molecule is C=C(N)NCCC[C@@H]1NC(=O)[C@](C)(NC(=O)C(C)C)CCCCCNC(=O)[C@H](CC)NC1=O. The van der Waals surface area contributed by atoms with E-state index in [-0.39, 0.29) is 17.7 Å². The van der Waals surface area contributed by atoms with E-state index in [9.17, 15) is 19.2 Å². The van der Waals surface area contributed by atoms with Crippen molar-refractivity contribution in [3.63, 3.8) is 0 Å². The number of hydrogen-bond acceptors (Lipinski definition) is 6. The fourth-order valence-electron chi connectivity index (χ4n) is 3.53. The van der Waals surface area contributed by atoms with Crippen LogP contribution in [-0.2, 0) is 19.2 Å². The fourth-order valence-corrected chi connectivity index (χ4v) is 3.53. The molecule has 1 aliphatic heterocycles. The molecule has 0 aliphatic carbocycles. The summed E-state index contributed by atoms with van der Waals surface area (Å²) in [7, 11) is 0. The lowest BCUT2D eigenvalue weighted by Crippen LogP contribution is -2.62. The Morgan fingerprint density at radius 1 is 1.15 bits per heavy atom. The first-order valence-corrected chi connectivity index (χ1v) is 11.9. The molecule has 0 saturated carbocycles. The lowest BCUT2D eigenvalue weighted by Gasteiger charge is -2.33. The van der Waals surface area contributed by atoms with Crippen LogP contribution in [0.25, 0.3) is 0 Å². The highest BCUT2D eigenvalue weighted by Crippen LogP contribution is 2.18. The molecule has 0 aromatic heterocycles. The molecule has 188 valence electrons. The molecule has 33 heavy (non-hydrogen) atoms. The number of nitrogens with two attached hydrogens (primary N) is 1. The van der Waals surface area contributed by atoms with Crippen molar-refractivity contribution in [2.24, 2.45) is 11.7 Å². The number of nitrogens with one attached hydrogen (secondary N) is 5. The highest BCUT2D eigenvalue weighted by Gasteiger charge is 2.37. The van der Waals surface area contributed by atoms with Gasteiger partial charge in [-0.1, -0.05) is 40.2 Å². The first-order chi connectivity index (χ1) is 15.5. The predicted molar refractivity (Wildman–Crippen MR) is 128 cm³/mol. The third-order valence-electron chi connectivity index (χ3n) is 5.76. The highest BCUT2D eigenvalue weighted by molar-refractivity contribution is 5.96. The molecule has 0 spiro atoms. The van der Waals surface area contributed by atoms with E-state index in [1.54, 1.807) is 20.8 Å². The number of carbonyl (C=O) groups is 4. The van der Waals surface area contributed by atoms with Crippen LogP contribution in [-0.4, -0.2) is 54.3 Å². The van der Waals surface area contributed by atoms with E-state index >= 15 is 0 Å². The van der Waals surface area contributed by atoms with Crippen molar-refractivity contribution >= 4 is 23.6 Å². The monoisotopic (exact) mass is 466 g/mol. The molecule has 7 N–H and O–H groups in total. The van der Waals surface area contributed by atoms with Crippen LogP contribution in [0.3, 0.4) is 0 Å². The van der Waals surface area contributed by atoms with Gasteiger partial charge in [-0.05, 0) is 39.0 Å². The van der Waals surface area contributed by atoms with Crippen molar-refractivity contribution in [3.05, 3.63) is 12.4 Å². The third kappa shape index (κ3) is 9.71. The molecule has 0 bridgehead atoms. The zero-order valence-electron chi connectivity index (χ0n) is 20.5. The third-order valence-corrected chi connectivity index (χ3v) is 5.76. The van der Waals surface area contributed by atoms with Crippen molar-refractivity contribution in [3.8, 4) is 0 Å². The molecule has 3 atom stereocenters. The van der Waals surface area contributed by atoms with E-state index in [4.69, 9.17) is 5.73 Å². The topological polar surface area (TPSA) is 154 Å². The van der Waals surface area contributed by atoms with Crippen LogP contribution in [0.15, 0.2) is 12.4 Å². The lowest BCUT2D eigenvalue weighted by atomic mass is 9.91. The minimum atomic E-state index is -1.15. The fraction of sp³-hybridized carbons (Fsp3) is 0.739. The lowest BCUT2D eigenvalue weighted by molar-refractivity contribution is -0.137. The van der Waals surface area contributed by atoms with Gasteiger partial charge in [0.15, 0.2) is 0 Å². The summed E-state index contributed by atoms with van der Waals surface area (Å²) in [5.74, 6) is -1.27. The maximum absolute atomic E-state index is 13.3. The van der Waals surface area contributed by atoms with E-state index in [0.717, 1.165) is 12.8 Å². The molecule has 0 aromatic carbocycles. The van der Waals surface area contributed by atoms with E-state index in [0.29, 0.717) is 51.0 Å². The molecule has 0 radical (unpaired) electrons. The van der Waals surface area contributed by atoms with Crippen LogP contribution in [0, 0.1) is 5.92 Å². The normalized spacial score (nSPS) is 25.3. The minimum absolute atomic E-state index is 0.223. The van der Waals surface area contributed by atoms with E-state index < -0.39 is 29.4 Å². The van der Waals surface area contributed by atoms with Crippen LogP contribution in [0.4, 0.5) is 0 Å². The Bertz CT molecular complexity index is 711. The Morgan fingerprint density at radius 3 is 2.45 bits per heavy atom. The summed E-state index contributed by atoms with van der Waals surface area (Å²) in [6.07, 6.45) is 3.93. The highest BCUT2D eigenvalue weighted by atomic mass is 16.2. The molecule has 10 heteroatoms. The minimum Gasteiger partial charge on any atom is -0.386 e. The second kappa shape index (κ2) is 13.7. The maximum atomic E-state index is 13.3. The standard InChI is InChI=1S/C23H42N6O4/c1-6-17-20(31)26-13-9-7-8-12-23(5,29-19(30)15(2)3)22(33)28-18(21(32)27-17)11-10-14-25-16(4)24/h15,17-18,25H,4,6-14,24H2,1-3,5H3,(H,26,31)(H,27,32)(H,28,33)(H,29,30)/t17-,18-,23+/m0/s1. The summed E-state index contributed by atoms with van der Waals surface area (Å²) < 4.78 is 0. The number of carbonyl (C=O) groups excluding carboxylic acids is 4. The van der Waals surface area contributed by atoms with Gasteiger partial charge in [0.25, 0.3) is 0 Å². The van der Waals surface area contributed by atoms with E-state index in [2.05, 4.69) is 33.2 Å². The Kier molecular flexibility index (Phi) is 11.7. The van der Waals surface area contributed by atoms with Gasteiger partial charge in [0.05, 0.1) is 5.82 Å². The van der Waals surface area contributed by atoms with Crippen molar-refractivity contribution in [1.29, 1.82) is 0 Å². The summed E-state index contributed by atoms with van der Waals surface area (Å²) in [6.45, 7) is 11.6. The van der Waals surface area contributed by atoms with Crippen molar-refractivity contribution in [2.45, 2.75) is 90.3 Å². The molecule has 0 aromatic rings. The Hall–Kier alpha value is -2.78. The van der Waals surface area contributed by atoms with Gasteiger partial charge < -0.3 is 32.3 Å². The number of hydrogen-bond donors (Lipinski definition) is 6. The smallest absolute Gasteiger partial charge is 0.246 e. The van der Waals surface area contributed by atoms with Crippen LogP contribution in [0.2, 0.25) is 0 Å². The van der Waals surface area contributed by atoms with Crippen molar-refractivity contribution in [2.75, 3.05) is 13.1 Å². The zero-order chi connectivity index (χ0) is 25.0. The van der Waals surface area contributed by atoms with Crippen LogP contribution < -0.4 is 32.3 Å². The molecule has 1 aliphatic rings. The number of rotatable bonds is 8. The molecule has 1 fully saturated rings. The van der Waals surface area contributed by atoms with Gasteiger partial charge in [-0.2, -0.15) is 0 Å². The van der Waals surface area contributed by atoms with Gasteiger partial charge in [0.2, 0.25) is 23.6 Å². The van der Waals surface area contributed by atoms with E-state index in [1.807, 2.05) is 6.92 Å².